The molecule has 1 saturated carbocycles. The number of halogens is 1. The van der Waals surface area contributed by atoms with Gasteiger partial charge in [0.1, 0.15) is 0 Å². The third-order valence-corrected chi connectivity index (χ3v) is 4.87. The zero-order chi connectivity index (χ0) is 18.1. The first-order chi connectivity index (χ1) is 12.1. The predicted molar refractivity (Wildman–Crippen MR) is 119 cm³/mol. The highest BCUT2D eigenvalue weighted by Crippen LogP contribution is 2.26. The van der Waals surface area contributed by atoms with Crippen LogP contribution in [0, 0.1) is 12.8 Å². The zero-order valence-electron chi connectivity index (χ0n) is 16.2. The molecule has 1 aliphatic carbocycles. The molecule has 26 heavy (non-hydrogen) atoms. The Morgan fingerprint density at radius 1 is 1.15 bits per heavy atom. The second-order valence-electron chi connectivity index (χ2n) is 6.96. The van der Waals surface area contributed by atoms with Crippen LogP contribution in [0.4, 0.5) is 0 Å². The highest BCUT2D eigenvalue weighted by molar-refractivity contribution is 14.0. The van der Waals surface area contributed by atoms with Gasteiger partial charge in [0, 0.05) is 32.6 Å². The lowest BCUT2D eigenvalue weighted by molar-refractivity contribution is -0.127. The summed E-state index contributed by atoms with van der Waals surface area (Å²) in [6.07, 6.45) is 4.20. The van der Waals surface area contributed by atoms with Crippen LogP contribution in [0.1, 0.15) is 49.7 Å². The van der Waals surface area contributed by atoms with Gasteiger partial charge in [0.2, 0.25) is 5.91 Å². The number of hydrogen-bond acceptors (Lipinski definition) is 2. The number of nitrogens with one attached hydrogen (secondary N) is 3. The van der Waals surface area contributed by atoms with Gasteiger partial charge in [0.25, 0.3) is 0 Å². The van der Waals surface area contributed by atoms with Crippen molar-refractivity contribution in [2.45, 2.75) is 45.4 Å². The Morgan fingerprint density at radius 2 is 1.81 bits per heavy atom. The second-order valence-corrected chi connectivity index (χ2v) is 6.96. The number of nitrogens with zero attached hydrogens (tertiary/aromatic N) is 1. The molecule has 1 amide bonds. The number of guanidine groups is 1. The van der Waals surface area contributed by atoms with E-state index in [0.717, 1.165) is 44.9 Å². The first kappa shape index (κ1) is 22.7. The number of amides is 1. The standard InChI is InChI=1S/C20H32N4O.HI/c1-15-8-10-17(11-9-15)16(2)14-24-20(21-3)23-13-5-12-22-19(25)18-6-4-7-18;/h8-11,16,18H,4-7,12-14H2,1-3H3,(H,22,25)(H2,21,23,24);1H. The molecule has 0 aliphatic heterocycles. The highest BCUT2D eigenvalue weighted by Gasteiger charge is 2.24. The van der Waals surface area contributed by atoms with Crippen molar-refractivity contribution in [1.82, 2.24) is 16.0 Å². The number of hydrogen-bond donors (Lipinski definition) is 3. The average Bonchev–Trinajstić information content (AvgIpc) is 2.56. The lowest BCUT2D eigenvalue weighted by Crippen LogP contribution is -2.41. The van der Waals surface area contributed by atoms with Crippen LogP contribution < -0.4 is 16.0 Å². The van der Waals surface area contributed by atoms with E-state index in [9.17, 15) is 4.79 Å². The molecule has 1 atom stereocenters. The minimum atomic E-state index is 0. The highest BCUT2D eigenvalue weighted by atomic mass is 127. The van der Waals surface area contributed by atoms with Gasteiger partial charge >= 0.3 is 0 Å². The second kappa shape index (κ2) is 12.1. The van der Waals surface area contributed by atoms with Gasteiger partial charge in [-0.15, -0.1) is 24.0 Å². The zero-order valence-corrected chi connectivity index (χ0v) is 18.5. The molecule has 0 heterocycles. The lowest BCUT2D eigenvalue weighted by Gasteiger charge is -2.24. The van der Waals surface area contributed by atoms with Gasteiger partial charge in [-0.1, -0.05) is 43.2 Å². The molecular formula is C20H33IN4O. The summed E-state index contributed by atoms with van der Waals surface area (Å²) >= 11 is 0. The molecule has 0 saturated heterocycles. The van der Waals surface area contributed by atoms with Crippen molar-refractivity contribution in [2.24, 2.45) is 10.9 Å². The van der Waals surface area contributed by atoms with Gasteiger partial charge in [-0.05, 0) is 37.7 Å². The molecule has 1 unspecified atom stereocenters. The quantitative estimate of drug-likeness (QED) is 0.236. The van der Waals surface area contributed by atoms with Crippen LogP contribution in [0.3, 0.4) is 0 Å². The van der Waals surface area contributed by atoms with Crippen LogP contribution in [-0.2, 0) is 4.79 Å². The van der Waals surface area contributed by atoms with Crippen LogP contribution in [0.15, 0.2) is 29.3 Å². The van der Waals surface area contributed by atoms with Crippen molar-refractivity contribution in [3.63, 3.8) is 0 Å². The third-order valence-electron chi connectivity index (χ3n) is 4.87. The van der Waals surface area contributed by atoms with E-state index in [0.29, 0.717) is 5.92 Å². The number of rotatable bonds is 8. The fourth-order valence-electron chi connectivity index (χ4n) is 2.80. The molecule has 0 bridgehead atoms. The molecule has 1 aromatic carbocycles. The van der Waals surface area contributed by atoms with Crippen molar-refractivity contribution in [3.8, 4) is 0 Å². The molecule has 0 spiro atoms. The summed E-state index contributed by atoms with van der Waals surface area (Å²) in [7, 11) is 1.78. The Morgan fingerprint density at radius 3 is 2.38 bits per heavy atom. The molecule has 146 valence electrons. The van der Waals surface area contributed by atoms with E-state index in [1.54, 1.807) is 7.05 Å². The largest absolute Gasteiger partial charge is 0.356 e. The molecule has 2 rings (SSSR count). The third kappa shape index (κ3) is 7.51. The monoisotopic (exact) mass is 472 g/mol. The molecule has 6 heteroatoms. The van der Waals surface area contributed by atoms with Crippen LogP contribution in [0.2, 0.25) is 0 Å². The van der Waals surface area contributed by atoms with Gasteiger partial charge < -0.3 is 16.0 Å². The SMILES string of the molecule is CN=C(NCCCNC(=O)C1CCC1)NCC(C)c1ccc(C)cc1.I. The Bertz CT molecular complexity index is 570. The van der Waals surface area contributed by atoms with E-state index in [1.807, 2.05) is 0 Å². The number of carbonyl (C=O) groups is 1. The summed E-state index contributed by atoms with van der Waals surface area (Å²) < 4.78 is 0. The van der Waals surface area contributed by atoms with Crippen molar-refractivity contribution in [3.05, 3.63) is 35.4 Å². The van der Waals surface area contributed by atoms with E-state index in [2.05, 4.69) is 59.1 Å². The Kier molecular flexibility index (Phi) is 10.6. The minimum Gasteiger partial charge on any atom is -0.356 e. The average molecular weight is 472 g/mol. The first-order valence-corrected chi connectivity index (χ1v) is 9.39. The lowest BCUT2D eigenvalue weighted by atomic mass is 9.85. The fourth-order valence-corrected chi connectivity index (χ4v) is 2.80. The van der Waals surface area contributed by atoms with Crippen molar-refractivity contribution >= 4 is 35.8 Å². The maximum atomic E-state index is 11.7. The van der Waals surface area contributed by atoms with Crippen molar-refractivity contribution in [2.75, 3.05) is 26.7 Å². The van der Waals surface area contributed by atoms with Gasteiger partial charge in [-0.3, -0.25) is 9.79 Å². The van der Waals surface area contributed by atoms with E-state index >= 15 is 0 Å². The molecule has 0 aromatic heterocycles. The molecule has 3 N–H and O–H groups in total. The van der Waals surface area contributed by atoms with Gasteiger partial charge in [-0.2, -0.15) is 0 Å². The Balaban J connectivity index is 0.00000338. The molecule has 1 aliphatic rings. The van der Waals surface area contributed by atoms with Gasteiger partial charge in [0.15, 0.2) is 5.96 Å². The first-order valence-electron chi connectivity index (χ1n) is 9.39. The van der Waals surface area contributed by atoms with Crippen LogP contribution in [0.25, 0.3) is 0 Å². The molecule has 1 aromatic rings. The van der Waals surface area contributed by atoms with Gasteiger partial charge in [-0.25, -0.2) is 0 Å². The Labute approximate surface area is 174 Å². The van der Waals surface area contributed by atoms with Crippen LogP contribution >= 0.6 is 24.0 Å². The number of aryl methyl sites for hydroxylation is 1. The van der Waals surface area contributed by atoms with E-state index < -0.39 is 0 Å². The topological polar surface area (TPSA) is 65.5 Å². The number of benzene rings is 1. The summed E-state index contributed by atoms with van der Waals surface area (Å²) in [6, 6.07) is 8.67. The van der Waals surface area contributed by atoms with Crippen molar-refractivity contribution in [1.29, 1.82) is 0 Å². The summed E-state index contributed by atoms with van der Waals surface area (Å²) in [5, 5.41) is 9.69. The van der Waals surface area contributed by atoms with Crippen molar-refractivity contribution < 1.29 is 4.79 Å². The fraction of sp³-hybridized carbons (Fsp3) is 0.600. The molecule has 5 nitrogen and oxygen atoms in total. The van der Waals surface area contributed by atoms with E-state index in [-0.39, 0.29) is 35.8 Å². The molecule has 0 radical (unpaired) electrons. The summed E-state index contributed by atoms with van der Waals surface area (Å²) in [5.41, 5.74) is 2.61. The summed E-state index contributed by atoms with van der Waals surface area (Å²) in [5.74, 6) is 1.72. The smallest absolute Gasteiger partial charge is 0.223 e. The minimum absolute atomic E-state index is 0. The Hall–Kier alpha value is -1.31. The molecule has 1 fully saturated rings. The molecular weight excluding hydrogens is 439 g/mol. The normalized spacial score (nSPS) is 15.4. The van der Waals surface area contributed by atoms with E-state index in [4.69, 9.17) is 0 Å². The van der Waals surface area contributed by atoms with E-state index in [1.165, 1.54) is 17.5 Å². The van der Waals surface area contributed by atoms with Crippen LogP contribution in [0.5, 0.6) is 0 Å². The maximum Gasteiger partial charge on any atom is 0.223 e. The number of aliphatic imine (C=N–C) groups is 1. The predicted octanol–water partition coefficient (Wildman–Crippen LogP) is 3.19. The maximum absolute atomic E-state index is 11.7. The van der Waals surface area contributed by atoms with Gasteiger partial charge in [0.05, 0.1) is 0 Å². The number of carbonyl (C=O) groups excluding carboxylic acids is 1. The summed E-state index contributed by atoms with van der Waals surface area (Å²) in [6.45, 7) is 6.66. The summed E-state index contributed by atoms with van der Waals surface area (Å²) in [4.78, 5) is 16.0. The van der Waals surface area contributed by atoms with Crippen LogP contribution in [-0.4, -0.2) is 38.5 Å².